The van der Waals surface area contributed by atoms with E-state index in [0.717, 1.165) is 6.08 Å². The average Bonchev–Trinajstić information content (AvgIpc) is 2.10. The Hall–Kier alpha value is -1.14. The highest BCUT2D eigenvalue weighted by molar-refractivity contribution is 5.84. The lowest BCUT2D eigenvalue weighted by Gasteiger charge is -2.30. The van der Waals surface area contributed by atoms with E-state index in [-0.39, 0.29) is 6.54 Å². The molecule has 0 atom stereocenters. The monoisotopic (exact) mass is 245 g/mol. The highest BCUT2D eigenvalue weighted by atomic mass is 19.4. The summed E-state index contributed by atoms with van der Waals surface area (Å²) in [7, 11) is 0. The first-order valence-corrected chi connectivity index (χ1v) is 4.42. The van der Waals surface area contributed by atoms with Crippen LogP contribution >= 0.6 is 0 Å². The summed E-state index contributed by atoms with van der Waals surface area (Å²) >= 11 is 0. The van der Waals surface area contributed by atoms with Gasteiger partial charge in [-0.25, -0.2) is 0 Å². The van der Waals surface area contributed by atoms with Crippen molar-refractivity contribution in [3.63, 3.8) is 0 Å². The van der Waals surface area contributed by atoms with E-state index < -0.39 is 24.0 Å². The predicted molar refractivity (Wildman–Crippen MR) is 48.0 cm³/mol. The molecule has 7 heteroatoms. The van der Waals surface area contributed by atoms with Crippen molar-refractivity contribution in [2.24, 2.45) is 0 Å². The first kappa shape index (κ1) is 14.9. The molecule has 0 rings (SSSR count). The molecule has 0 spiro atoms. The molecule has 16 heavy (non-hydrogen) atoms. The van der Waals surface area contributed by atoms with Crippen molar-refractivity contribution in [2.45, 2.75) is 32.0 Å². The molecule has 0 fully saturated rings. The second-order valence-electron chi connectivity index (χ2n) is 3.41. The number of carbonyl (C=O) groups excluding carboxylic acids is 1. The Balaban J connectivity index is 5.08. The molecule has 0 aromatic heterocycles. The van der Waals surface area contributed by atoms with E-state index in [1.165, 1.54) is 13.8 Å². The second-order valence-corrected chi connectivity index (χ2v) is 3.41. The van der Waals surface area contributed by atoms with Gasteiger partial charge in [0.2, 0.25) is 0 Å². The van der Waals surface area contributed by atoms with Gasteiger partial charge in [-0.05, 0) is 13.8 Å². The molecular weight excluding hydrogens is 233 g/mol. The minimum Gasteiger partial charge on any atom is -0.331 e. The standard InChI is InChI=1S/C9H12F5NO/c1-4-5-15(6(2)3)7(16)8(10,11)9(12,13)14/h4,6H,1,5H2,2-3H3. The van der Waals surface area contributed by atoms with Crippen LogP contribution in [0.3, 0.4) is 0 Å². The summed E-state index contributed by atoms with van der Waals surface area (Å²) in [6.45, 7) is 5.51. The molecule has 0 heterocycles. The van der Waals surface area contributed by atoms with Gasteiger partial charge in [0.15, 0.2) is 0 Å². The first-order valence-electron chi connectivity index (χ1n) is 4.42. The van der Waals surface area contributed by atoms with Gasteiger partial charge in [-0.2, -0.15) is 22.0 Å². The summed E-state index contributed by atoms with van der Waals surface area (Å²) in [6.07, 6.45) is -4.79. The van der Waals surface area contributed by atoms with Gasteiger partial charge < -0.3 is 4.90 Å². The zero-order valence-corrected chi connectivity index (χ0v) is 8.81. The fourth-order valence-corrected chi connectivity index (χ4v) is 0.969. The van der Waals surface area contributed by atoms with Gasteiger partial charge in [0, 0.05) is 12.6 Å². The fraction of sp³-hybridized carbons (Fsp3) is 0.667. The Morgan fingerprint density at radius 3 is 2.00 bits per heavy atom. The molecule has 0 aromatic rings. The van der Waals surface area contributed by atoms with Crippen LogP contribution in [0.5, 0.6) is 0 Å². The van der Waals surface area contributed by atoms with E-state index in [2.05, 4.69) is 6.58 Å². The number of rotatable bonds is 4. The summed E-state index contributed by atoms with van der Waals surface area (Å²) in [5, 5.41) is 0. The molecule has 0 bridgehead atoms. The number of hydrogen-bond acceptors (Lipinski definition) is 1. The molecule has 0 aliphatic heterocycles. The van der Waals surface area contributed by atoms with Crippen LogP contribution in [0.1, 0.15) is 13.8 Å². The highest BCUT2D eigenvalue weighted by Crippen LogP contribution is 2.37. The molecule has 0 aliphatic rings. The third-order valence-corrected chi connectivity index (χ3v) is 1.83. The first-order chi connectivity index (χ1) is 7.05. The summed E-state index contributed by atoms with van der Waals surface area (Å²) in [6, 6.07) is -0.765. The maximum Gasteiger partial charge on any atom is 0.463 e. The molecule has 0 saturated heterocycles. The number of halogens is 5. The Labute approximate surface area is 89.7 Å². The van der Waals surface area contributed by atoms with Gasteiger partial charge in [0.25, 0.3) is 0 Å². The fourth-order valence-electron chi connectivity index (χ4n) is 0.969. The van der Waals surface area contributed by atoms with Crippen LogP contribution in [0.2, 0.25) is 0 Å². The van der Waals surface area contributed by atoms with Crippen LogP contribution in [-0.4, -0.2) is 35.5 Å². The number of amides is 1. The van der Waals surface area contributed by atoms with Crippen LogP contribution < -0.4 is 0 Å². The third-order valence-electron chi connectivity index (χ3n) is 1.83. The van der Waals surface area contributed by atoms with E-state index in [9.17, 15) is 26.7 Å². The summed E-state index contributed by atoms with van der Waals surface area (Å²) in [4.78, 5) is 11.5. The Morgan fingerprint density at radius 1 is 1.31 bits per heavy atom. The van der Waals surface area contributed by atoms with E-state index in [1.54, 1.807) is 0 Å². The molecule has 0 saturated carbocycles. The SMILES string of the molecule is C=CCN(C(=O)C(F)(F)C(F)(F)F)C(C)C. The van der Waals surface area contributed by atoms with Crippen molar-refractivity contribution < 1.29 is 26.7 Å². The van der Waals surface area contributed by atoms with Gasteiger partial charge in [-0.3, -0.25) is 4.79 Å². The van der Waals surface area contributed by atoms with Crippen molar-refractivity contribution in [3.05, 3.63) is 12.7 Å². The summed E-state index contributed by atoms with van der Waals surface area (Å²) in [5.41, 5.74) is 0. The molecule has 94 valence electrons. The van der Waals surface area contributed by atoms with Crippen LogP contribution in [0.4, 0.5) is 22.0 Å². The Bertz CT molecular complexity index is 272. The van der Waals surface area contributed by atoms with Crippen molar-refractivity contribution in [3.8, 4) is 0 Å². The Kier molecular flexibility index (Phi) is 4.45. The van der Waals surface area contributed by atoms with Crippen molar-refractivity contribution >= 4 is 5.91 Å². The zero-order chi connectivity index (χ0) is 13.1. The molecule has 0 aromatic carbocycles. The second kappa shape index (κ2) is 4.80. The predicted octanol–water partition coefficient (Wildman–Crippen LogP) is 2.61. The van der Waals surface area contributed by atoms with Gasteiger partial charge in [0.05, 0.1) is 0 Å². The number of alkyl halides is 5. The normalized spacial score (nSPS) is 12.8. The minimum atomic E-state index is -5.88. The molecule has 0 N–H and O–H groups in total. The maximum atomic E-state index is 12.7. The number of nitrogens with zero attached hydrogens (tertiary/aromatic N) is 1. The van der Waals surface area contributed by atoms with Gasteiger partial charge in [-0.15, -0.1) is 6.58 Å². The zero-order valence-electron chi connectivity index (χ0n) is 8.81. The van der Waals surface area contributed by atoms with E-state index in [0.29, 0.717) is 4.90 Å². The van der Waals surface area contributed by atoms with Crippen LogP contribution in [0.15, 0.2) is 12.7 Å². The van der Waals surface area contributed by atoms with E-state index in [1.807, 2.05) is 0 Å². The van der Waals surface area contributed by atoms with Crippen LogP contribution in [0.25, 0.3) is 0 Å². The largest absolute Gasteiger partial charge is 0.463 e. The summed E-state index contributed by atoms with van der Waals surface area (Å²) in [5.74, 6) is -7.62. The van der Waals surface area contributed by atoms with Crippen molar-refractivity contribution in [1.29, 1.82) is 0 Å². The van der Waals surface area contributed by atoms with Crippen LogP contribution in [0, 0.1) is 0 Å². The molecular formula is C9H12F5NO. The summed E-state index contributed by atoms with van der Waals surface area (Å²) < 4.78 is 61.2. The van der Waals surface area contributed by atoms with E-state index in [4.69, 9.17) is 0 Å². The van der Waals surface area contributed by atoms with Crippen molar-refractivity contribution in [1.82, 2.24) is 4.90 Å². The smallest absolute Gasteiger partial charge is 0.331 e. The van der Waals surface area contributed by atoms with Gasteiger partial charge >= 0.3 is 18.0 Å². The molecule has 0 radical (unpaired) electrons. The molecule has 2 nitrogen and oxygen atoms in total. The number of hydrogen-bond donors (Lipinski definition) is 0. The highest BCUT2D eigenvalue weighted by Gasteiger charge is 2.64. The maximum absolute atomic E-state index is 12.7. The lowest BCUT2D eigenvalue weighted by atomic mass is 10.2. The topological polar surface area (TPSA) is 20.3 Å². The third kappa shape index (κ3) is 2.93. The lowest BCUT2D eigenvalue weighted by Crippen LogP contribution is -2.54. The number of carbonyl (C=O) groups is 1. The molecule has 1 amide bonds. The Morgan fingerprint density at radius 2 is 1.75 bits per heavy atom. The lowest BCUT2D eigenvalue weighted by molar-refractivity contribution is -0.274. The minimum absolute atomic E-state index is 0.359. The van der Waals surface area contributed by atoms with Gasteiger partial charge in [-0.1, -0.05) is 6.08 Å². The van der Waals surface area contributed by atoms with Crippen LogP contribution in [-0.2, 0) is 4.79 Å². The molecule has 0 aliphatic carbocycles. The van der Waals surface area contributed by atoms with Gasteiger partial charge in [0.1, 0.15) is 0 Å². The quantitative estimate of drug-likeness (QED) is 0.550. The van der Waals surface area contributed by atoms with E-state index >= 15 is 0 Å². The van der Waals surface area contributed by atoms with Crippen molar-refractivity contribution in [2.75, 3.05) is 6.54 Å². The average molecular weight is 245 g/mol. The molecule has 0 unspecified atom stereocenters.